The van der Waals surface area contributed by atoms with Gasteiger partial charge in [0.15, 0.2) is 6.29 Å². The van der Waals surface area contributed by atoms with Crippen molar-refractivity contribution in [1.29, 1.82) is 0 Å². The average molecular weight is 437 g/mol. The number of carbonyl (C=O) groups excluding carboxylic acids is 1. The third-order valence-electron chi connectivity index (χ3n) is 5.90. The van der Waals surface area contributed by atoms with E-state index in [9.17, 15) is 4.79 Å². The fourth-order valence-electron chi connectivity index (χ4n) is 4.08. The number of aldehydes is 1. The Morgan fingerprint density at radius 1 is 1.12 bits per heavy atom. The summed E-state index contributed by atoms with van der Waals surface area (Å²) in [7, 11) is 2.19. The standard InChI is InChI=1S/C15H12N2O.C6H13N.C5H11NO/c1-10-7-12-8-11(5-6-15(12)16-10)14-4-2-3-13(9-18)17-14;1-7-5-3-2-4-6-7;7-4-5-2-1-3-6-5/h2-9,16H,1H3;2-6H2,1H3;5-7H,1-4H2. The topological polar surface area (TPSA) is 81.2 Å². The van der Waals surface area contributed by atoms with Crippen molar-refractivity contribution in [3.05, 3.63) is 53.9 Å². The number of piperidine rings is 1. The van der Waals surface area contributed by atoms with E-state index < -0.39 is 0 Å². The summed E-state index contributed by atoms with van der Waals surface area (Å²) >= 11 is 0. The van der Waals surface area contributed by atoms with Crippen LogP contribution >= 0.6 is 0 Å². The van der Waals surface area contributed by atoms with Crippen LogP contribution in [-0.2, 0) is 0 Å². The van der Waals surface area contributed by atoms with E-state index in [4.69, 9.17) is 5.11 Å². The van der Waals surface area contributed by atoms with Crippen molar-refractivity contribution in [2.24, 2.45) is 0 Å². The highest BCUT2D eigenvalue weighted by Crippen LogP contribution is 2.23. The van der Waals surface area contributed by atoms with Crippen molar-refractivity contribution in [1.82, 2.24) is 20.2 Å². The van der Waals surface area contributed by atoms with E-state index in [0.29, 0.717) is 18.3 Å². The highest BCUT2D eigenvalue weighted by molar-refractivity contribution is 5.85. The summed E-state index contributed by atoms with van der Waals surface area (Å²) in [5.41, 5.74) is 4.54. The van der Waals surface area contributed by atoms with Gasteiger partial charge in [-0.2, -0.15) is 0 Å². The van der Waals surface area contributed by atoms with Gasteiger partial charge in [0.25, 0.3) is 0 Å². The van der Waals surface area contributed by atoms with Crippen LogP contribution < -0.4 is 5.32 Å². The number of aromatic amines is 1. The minimum absolute atomic E-state index is 0.306. The molecule has 2 aliphatic heterocycles. The molecule has 2 aromatic heterocycles. The number of aliphatic hydroxyl groups excluding tert-OH is 1. The van der Waals surface area contributed by atoms with Gasteiger partial charge in [-0.1, -0.05) is 18.6 Å². The molecule has 0 amide bonds. The molecule has 2 fully saturated rings. The molecule has 0 bridgehead atoms. The molecule has 172 valence electrons. The Balaban J connectivity index is 0.000000169. The Morgan fingerprint density at radius 3 is 2.53 bits per heavy atom. The van der Waals surface area contributed by atoms with E-state index >= 15 is 0 Å². The summed E-state index contributed by atoms with van der Waals surface area (Å²) in [6, 6.07) is 14.1. The van der Waals surface area contributed by atoms with Crippen molar-refractivity contribution >= 4 is 17.2 Å². The summed E-state index contributed by atoms with van der Waals surface area (Å²) < 4.78 is 0. The molecule has 0 saturated carbocycles. The fourth-order valence-corrected chi connectivity index (χ4v) is 4.08. The Labute approximate surface area is 191 Å². The number of H-pyrrole nitrogens is 1. The number of benzene rings is 1. The first-order valence-corrected chi connectivity index (χ1v) is 11.6. The lowest BCUT2D eigenvalue weighted by Crippen LogP contribution is -2.24. The first-order chi connectivity index (χ1) is 15.6. The summed E-state index contributed by atoms with van der Waals surface area (Å²) in [4.78, 5) is 20.7. The number of aryl methyl sites for hydroxylation is 1. The normalized spacial score (nSPS) is 18.4. The number of nitrogens with zero attached hydrogens (tertiary/aromatic N) is 2. The molecule has 2 saturated heterocycles. The van der Waals surface area contributed by atoms with E-state index in [1.807, 2.05) is 31.2 Å². The Kier molecular flexibility index (Phi) is 9.41. The van der Waals surface area contributed by atoms with Crippen molar-refractivity contribution < 1.29 is 9.90 Å². The van der Waals surface area contributed by atoms with Gasteiger partial charge < -0.3 is 20.3 Å². The maximum absolute atomic E-state index is 10.7. The maximum atomic E-state index is 10.7. The molecular formula is C26H36N4O2. The molecule has 0 radical (unpaired) electrons. The molecule has 3 aromatic rings. The predicted molar refractivity (Wildman–Crippen MR) is 131 cm³/mol. The SMILES string of the molecule is CN1CCCCC1.Cc1cc2cc(-c3cccc(C=O)n3)ccc2[nH]1.OCC1CCCN1. The number of aromatic nitrogens is 2. The van der Waals surface area contributed by atoms with Gasteiger partial charge >= 0.3 is 0 Å². The largest absolute Gasteiger partial charge is 0.395 e. The fraction of sp³-hybridized carbons (Fsp3) is 0.462. The van der Waals surface area contributed by atoms with Crippen molar-refractivity contribution in [3.63, 3.8) is 0 Å². The quantitative estimate of drug-likeness (QED) is 0.537. The number of carbonyl (C=O) groups is 1. The van der Waals surface area contributed by atoms with E-state index in [2.05, 4.69) is 39.4 Å². The zero-order valence-corrected chi connectivity index (χ0v) is 19.3. The molecule has 6 heteroatoms. The maximum Gasteiger partial charge on any atom is 0.168 e. The van der Waals surface area contributed by atoms with Crippen LogP contribution in [0.1, 0.15) is 48.3 Å². The molecule has 0 spiro atoms. The highest BCUT2D eigenvalue weighted by atomic mass is 16.3. The smallest absolute Gasteiger partial charge is 0.168 e. The summed E-state index contributed by atoms with van der Waals surface area (Å²) in [6.07, 6.45) is 7.42. The first-order valence-electron chi connectivity index (χ1n) is 11.6. The lowest BCUT2D eigenvalue weighted by Gasteiger charge is -2.20. The van der Waals surface area contributed by atoms with Gasteiger partial charge in [-0.15, -0.1) is 0 Å². The minimum atomic E-state index is 0.306. The van der Waals surface area contributed by atoms with Crippen LogP contribution in [0.3, 0.4) is 0 Å². The van der Waals surface area contributed by atoms with Crippen LogP contribution in [0.15, 0.2) is 42.5 Å². The third kappa shape index (κ3) is 7.26. The van der Waals surface area contributed by atoms with Gasteiger partial charge in [-0.25, -0.2) is 4.98 Å². The van der Waals surface area contributed by atoms with Gasteiger partial charge in [0.1, 0.15) is 5.69 Å². The van der Waals surface area contributed by atoms with Crippen LogP contribution in [0.2, 0.25) is 0 Å². The molecule has 32 heavy (non-hydrogen) atoms. The monoisotopic (exact) mass is 436 g/mol. The molecule has 6 nitrogen and oxygen atoms in total. The zero-order valence-electron chi connectivity index (χ0n) is 19.3. The van der Waals surface area contributed by atoms with E-state index in [-0.39, 0.29) is 0 Å². The lowest BCUT2D eigenvalue weighted by molar-refractivity contribution is 0.111. The van der Waals surface area contributed by atoms with Gasteiger partial charge in [0.05, 0.1) is 12.3 Å². The molecule has 1 unspecified atom stereocenters. The van der Waals surface area contributed by atoms with Gasteiger partial charge in [0.2, 0.25) is 0 Å². The van der Waals surface area contributed by atoms with Crippen LogP contribution in [0.25, 0.3) is 22.2 Å². The number of hydrogen-bond donors (Lipinski definition) is 3. The van der Waals surface area contributed by atoms with Crippen molar-refractivity contribution in [3.8, 4) is 11.3 Å². The second kappa shape index (κ2) is 12.5. The van der Waals surface area contributed by atoms with Crippen LogP contribution in [-0.4, -0.2) is 65.6 Å². The Bertz CT molecular complexity index is 973. The minimum Gasteiger partial charge on any atom is -0.395 e. The number of aliphatic hydroxyl groups is 1. The van der Waals surface area contributed by atoms with Crippen LogP contribution in [0.4, 0.5) is 0 Å². The van der Waals surface area contributed by atoms with Gasteiger partial charge in [-0.3, -0.25) is 4.79 Å². The number of rotatable bonds is 3. The highest BCUT2D eigenvalue weighted by Gasteiger charge is 2.10. The van der Waals surface area contributed by atoms with Crippen molar-refractivity contribution in [2.45, 2.75) is 45.1 Å². The average Bonchev–Trinajstić information content (AvgIpc) is 3.48. The first kappa shape index (κ1) is 24.1. The Morgan fingerprint density at radius 2 is 1.94 bits per heavy atom. The predicted octanol–water partition coefficient (Wildman–Crippen LogP) is 4.18. The molecule has 2 aliphatic rings. The summed E-state index contributed by atoms with van der Waals surface area (Å²) in [6.45, 7) is 6.07. The summed E-state index contributed by atoms with van der Waals surface area (Å²) in [5, 5.41) is 12.8. The lowest BCUT2D eigenvalue weighted by atomic mass is 10.1. The third-order valence-corrected chi connectivity index (χ3v) is 5.90. The number of pyridine rings is 1. The second-order valence-electron chi connectivity index (χ2n) is 8.66. The second-order valence-corrected chi connectivity index (χ2v) is 8.66. The molecule has 1 atom stereocenters. The van der Waals surface area contributed by atoms with E-state index in [1.54, 1.807) is 6.07 Å². The number of nitrogens with one attached hydrogen (secondary N) is 2. The molecule has 5 rings (SSSR count). The number of likely N-dealkylation sites (tertiary alicyclic amines) is 1. The molecule has 0 aliphatic carbocycles. The number of hydrogen-bond acceptors (Lipinski definition) is 5. The number of fused-ring (bicyclic) bond motifs is 1. The zero-order chi connectivity index (χ0) is 22.8. The van der Waals surface area contributed by atoms with E-state index in [1.165, 1.54) is 38.8 Å². The van der Waals surface area contributed by atoms with Crippen molar-refractivity contribution in [2.75, 3.05) is 33.3 Å². The van der Waals surface area contributed by atoms with Gasteiger partial charge in [-0.05, 0) is 89.6 Å². The molecule has 1 aromatic carbocycles. The van der Waals surface area contributed by atoms with Gasteiger partial charge in [0, 0.05) is 28.2 Å². The summed E-state index contributed by atoms with van der Waals surface area (Å²) in [5.74, 6) is 0. The Hall–Kier alpha value is -2.54. The van der Waals surface area contributed by atoms with E-state index in [0.717, 1.165) is 47.1 Å². The molecular weight excluding hydrogens is 400 g/mol. The molecule has 3 N–H and O–H groups in total. The molecule has 4 heterocycles. The van der Waals surface area contributed by atoms with Crippen LogP contribution in [0, 0.1) is 6.92 Å². The van der Waals surface area contributed by atoms with Crippen LogP contribution in [0.5, 0.6) is 0 Å².